The van der Waals surface area contributed by atoms with Crippen LogP contribution < -0.4 is 10.2 Å². The van der Waals surface area contributed by atoms with Crippen LogP contribution in [0.2, 0.25) is 0 Å². The van der Waals surface area contributed by atoms with Crippen molar-refractivity contribution in [1.29, 1.82) is 0 Å². The summed E-state index contributed by atoms with van der Waals surface area (Å²) in [5.41, 5.74) is 2.42. The van der Waals surface area contributed by atoms with Gasteiger partial charge in [0, 0.05) is 42.8 Å². The summed E-state index contributed by atoms with van der Waals surface area (Å²) in [5.74, 6) is -1.10. The molecule has 1 saturated heterocycles. The number of hydrogen-bond donors (Lipinski definition) is 3. The first kappa shape index (κ1) is 17.4. The molecule has 2 aromatic rings. The number of anilines is 1. The van der Waals surface area contributed by atoms with Gasteiger partial charge in [-0.05, 0) is 31.2 Å². The number of hydrogen-bond acceptors (Lipinski definition) is 4. The predicted molar refractivity (Wildman–Crippen MR) is 102 cm³/mol. The van der Waals surface area contributed by atoms with Gasteiger partial charge in [0.1, 0.15) is 5.82 Å². The van der Waals surface area contributed by atoms with E-state index in [0.717, 1.165) is 50.0 Å². The highest BCUT2D eigenvalue weighted by molar-refractivity contribution is 7.71. The van der Waals surface area contributed by atoms with Gasteiger partial charge in [0.05, 0.1) is 21.3 Å². The Morgan fingerprint density at radius 1 is 1.46 bits per heavy atom. The number of benzene rings is 1. The molecule has 1 aromatic heterocycles. The molecular weight excluding hydrogens is 353 g/mol. The van der Waals surface area contributed by atoms with Crippen LogP contribution in [0.25, 0.3) is 10.9 Å². The molecule has 0 amide bonds. The molecule has 26 heavy (non-hydrogen) atoms. The third-order valence-corrected chi connectivity index (χ3v) is 5.91. The molecule has 5 nitrogen and oxygen atoms in total. The van der Waals surface area contributed by atoms with E-state index >= 15 is 4.39 Å². The van der Waals surface area contributed by atoms with Gasteiger partial charge >= 0.3 is 5.97 Å². The van der Waals surface area contributed by atoms with Crippen LogP contribution >= 0.6 is 12.2 Å². The minimum absolute atomic E-state index is 0.00926. The van der Waals surface area contributed by atoms with Crippen molar-refractivity contribution in [1.82, 2.24) is 10.3 Å². The number of pyridine rings is 1. The molecular formula is C19H22FN3O2S. The Balaban J connectivity index is 1.98. The fraction of sp³-hybridized carbons (Fsp3) is 0.474. The molecule has 4 rings (SSSR count). The van der Waals surface area contributed by atoms with Crippen LogP contribution in [-0.4, -0.2) is 41.7 Å². The Labute approximate surface area is 156 Å². The summed E-state index contributed by atoms with van der Waals surface area (Å²) in [6.07, 6.45) is 4.42. The molecule has 0 unspecified atom stereocenters. The Bertz CT molecular complexity index is 939. The third kappa shape index (κ3) is 2.79. The minimum atomic E-state index is -1.10. The molecule has 1 aliphatic carbocycles. The van der Waals surface area contributed by atoms with E-state index in [9.17, 15) is 9.90 Å². The van der Waals surface area contributed by atoms with Gasteiger partial charge in [0.25, 0.3) is 0 Å². The lowest BCUT2D eigenvalue weighted by molar-refractivity contribution is 0.0696. The van der Waals surface area contributed by atoms with Crippen LogP contribution in [0.15, 0.2) is 12.3 Å². The molecule has 7 heteroatoms. The smallest absolute Gasteiger partial charge is 0.338 e. The fourth-order valence-electron chi connectivity index (χ4n) is 3.99. The number of piperazine rings is 1. The van der Waals surface area contributed by atoms with E-state index in [4.69, 9.17) is 12.2 Å². The lowest BCUT2D eigenvalue weighted by Gasteiger charge is -2.39. The summed E-state index contributed by atoms with van der Waals surface area (Å²) in [6.45, 7) is 4.54. The van der Waals surface area contributed by atoms with Gasteiger partial charge in [0.15, 0.2) is 0 Å². The van der Waals surface area contributed by atoms with Crippen molar-refractivity contribution in [2.24, 2.45) is 0 Å². The van der Waals surface area contributed by atoms with Crippen LogP contribution in [-0.2, 0) is 0 Å². The molecule has 1 saturated carbocycles. The molecule has 138 valence electrons. The lowest BCUT2D eigenvalue weighted by Crippen LogP contribution is -2.51. The number of fused-ring (bicyclic) bond motifs is 1. The van der Waals surface area contributed by atoms with Crippen LogP contribution in [0.1, 0.15) is 48.0 Å². The summed E-state index contributed by atoms with van der Waals surface area (Å²) in [6, 6.07) is 1.66. The van der Waals surface area contributed by atoms with Crippen molar-refractivity contribution in [3.8, 4) is 0 Å². The highest BCUT2D eigenvalue weighted by Crippen LogP contribution is 2.49. The zero-order valence-electron chi connectivity index (χ0n) is 14.6. The highest BCUT2D eigenvalue weighted by Gasteiger charge is 2.35. The Hall–Kier alpha value is -1.99. The standard InChI is InChI=1S/C19H22FN3O2S/c1-2-11-8-21-5-6-23(11)17-14(20)7-12-16(15(17)10-3-4-10)22-9-13(18(12)26)19(24)25/h7,9-11,21H,2-6,8H2,1H3,(H,22,26)(H,24,25)/t11-/m0/s1. The van der Waals surface area contributed by atoms with Gasteiger partial charge in [-0.1, -0.05) is 19.1 Å². The van der Waals surface area contributed by atoms with E-state index in [2.05, 4.69) is 22.1 Å². The van der Waals surface area contributed by atoms with Gasteiger partial charge in [-0.25, -0.2) is 9.18 Å². The number of carbonyl (C=O) groups is 1. The monoisotopic (exact) mass is 375 g/mol. The zero-order chi connectivity index (χ0) is 18.4. The normalized spacial score (nSPS) is 20.5. The summed E-state index contributed by atoms with van der Waals surface area (Å²) in [7, 11) is 0. The maximum absolute atomic E-state index is 15.3. The molecule has 2 heterocycles. The molecule has 1 atom stereocenters. The first-order valence-corrected chi connectivity index (χ1v) is 9.52. The number of nitrogens with zero attached hydrogens (tertiary/aromatic N) is 1. The second kappa shape index (κ2) is 6.63. The maximum atomic E-state index is 15.3. The summed E-state index contributed by atoms with van der Waals surface area (Å²) >= 11 is 5.35. The zero-order valence-corrected chi connectivity index (χ0v) is 15.5. The summed E-state index contributed by atoms with van der Waals surface area (Å²) in [4.78, 5) is 16.7. The van der Waals surface area contributed by atoms with Crippen LogP contribution in [0.5, 0.6) is 0 Å². The van der Waals surface area contributed by atoms with Crippen LogP contribution in [0.3, 0.4) is 0 Å². The fourth-order valence-corrected chi connectivity index (χ4v) is 4.30. The van der Waals surface area contributed by atoms with Crippen molar-refractivity contribution in [2.75, 3.05) is 24.5 Å². The minimum Gasteiger partial charge on any atom is -0.478 e. The topological polar surface area (TPSA) is 68.4 Å². The van der Waals surface area contributed by atoms with E-state index in [1.807, 2.05) is 0 Å². The average molecular weight is 375 g/mol. The van der Waals surface area contributed by atoms with Gasteiger partial charge in [-0.15, -0.1) is 0 Å². The molecule has 2 aliphatic rings. The van der Waals surface area contributed by atoms with Crippen molar-refractivity contribution < 1.29 is 14.3 Å². The Kier molecular flexibility index (Phi) is 4.44. The third-order valence-electron chi connectivity index (χ3n) is 5.47. The highest BCUT2D eigenvalue weighted by atomic mass is 32.1. The quantitative estimate of drug-likeness (QED) is 0.709. The molecule has 1 aliphatic heterocycles. The molecule has 1 aromatic carbocycles. The first-order chi connectivity index (χ1) is 12.5. The average Bonchev–Trinajstić information content (AvgIpc) is 3.46. The molecule has 0 bridgehead atoms. The largest absolute Gasteiger partial charge is 0.478 e. The number of aromatic nitrogens is 1. The number of rotatable bonds is 4. The van der Waals surface area contributed by atoms with Gasteiger partial charge in [-0.3, -0.25) is 0 Å². The SMILES string of the molecule is CC[C@H]1CNCCN1c1c(F)cc2c(=S)c(C(=O)O)c[nH]c2c1C1CC1. The number of carboxylic acids is 1. The molecule has 0 spiro atoms. The lowest BCUT2D eigenvalue weighted by atomic mass is 9.98. The number of nitrogens with one attached hydrogen (secondary N) is 2. The maximum Gasteiger partial charge on any atom is 0.338 e. The van der Waals surface area contributed by atoms with E-state index < -0.39 is 5.97 Å². The molecule has 3 N–H and O–H groups in total. The predicted octanol–water partition coefficient (Wildman–Crippen LogP) is 3.80. The second-order valence-electron chi connectivity index (χ2n) is 7.11. The molecule has 2 fully saturated rings. The molecule has 0 radical (unpaired) electrons. The van der Waals surface area contributed by atoms with Crippen molar-refractivity contribution >= 4 is 34.8 Å². The van der Waals surface area contributed by atoms with E-state index in [0.29, 0.717) is 17.0 Å². The van der Waals surface area contributed by atoms with E-state index in [1.165, 1.54) is 12.3 Å². The van der Waals surface area contributed by atoms with E-state index in [1.54, 1.807) is 0 Å². The van der Waals surface area contributed by atoms with Crippen molar-refractivity contribution in [3.63, 3.8) is 0 Å². The number of halogens is 1. The van der Waals surface area contributed by atoms with Crippen molar-refractivity contribution in [2.45, 2.75) is 38.1 Å². The summed E-state index contributed by atoms with van der Waals surface area (Å²) in [5, 5.41) is 13.2. The number of H-pyrrole nitrogens is 1. The van der Waals surface area contributed by atoms with E-state index in [-0.39, 0.29) is 21.9 Å². The first-order valence-electron chi connectivity index (χ1n) is 9.11. The Morgan fingerprint density at radius 2 is 2.23 bits per heavy atom. The second-order valence-corrected chi connectivity index (χ2v) is 7.52. The van der Waals surface area contributed by atoms with Crippen LogP contribution in [0, 0.1) is 10.3 Å². The van der Waals surface area contributed by atoms with Crippen LogP contribution in [0.4, 0.5) is 10.1 Å². The van der Waals surface area contributed by atoms with Gasteiger partial charge < -0.3 is 20.3 Å². The van der Waals surface area contributed by atoms with Gasteiger partial charge in [0.2, 0.25) is 0 Å². The number of carboxylic acid groups (broad SMARTS) is 1. The summed E-state index contributed by atoms with van der Waals surface area (Å²) < 4.78 is 15.5. The Morgan fingerprint density at radius 3 is 2.88 bits per heavy atom. The number of aromatic amines is 1. The van der Waals surface area contributed by atoms with Crippen molar-refractivity contribution in [3.05, 3.63) is 33.7 Å². The number of aromatic carboxylic acids is 1. The van der Waals surface area contributed by atoms with Gasteiger partial charge in [-0.2, -0.15) is 0 Å².